The smallest absolute Gasteiger partial charge is 0.303 e. The van der Waals surface area contributed by atoms with Crippen LogP contribution in [0.4, 0.5) is 0 Å². The Morgan fingerprint density at radius 2 is 0.579 bits per heavy atom. The molecule has 0 saturated carbocycles. The molecule has 0 fully saturated rings. The number of carbonyl (C=O) groups is 2. The molecule has 4 N–H and O–H groups in total. The summed E-state index contributed by atoms with van der Waals surface area (Å²) in [5.41, 5.74) is 0. The molecule has 0 rings (SSSR count). The molecule has 0 heterocycles. The van der Waals surface area contributed by atoms with E-state index in [-0.39, 0.29) is 13.2 Å². The van der Waals surface area contributed by atoms with Crippen molar-refractivity contribution in [2.45, 2.75) is 181 Å². The number of unbranched alkanes of at least 4 members (excludes halogenated alkanes) is 21. The van der Waals surface area contributed by atoms with E-state index >= 15 is 0 Å². The van der Waals surface area contributed by atoms with Crippen LogP contribution in [0.15, 0.2) is 0 Å². The van der Waals surface area contributed by atoms with Crippen molar-refractivity contribution in [1.29, 1.82) is 0 Å². The molecule has 0 bridgehead atoms. The lowest BCUT2D eigenvalue weighted by molar-refractivity contribution is -0.138. The lowest BCUT2D eigenvalue weighted by atomic mass is 10.1. The third-order valence-electron chi connectivity index (χ3n) is 6.55. The van der Waals surface area contributed by atoms with Crippen LogP contribution in [0.5, 0.6) is 0 Å². The molecular formula is C32H66O6. The van der Waals surface area contributed by atoms with Crippen molar-refractivity contribution in [3.05, 3.63) is 0 Å². The highest BCUT2D eigenvalue weighted by molar-refractivity contribution is 5.66. The number of aliphatic hydroxyl groups excluding tert-OH is 2. The van der Waals surface area contributed by atoms with E-state index in [1.165, 1.54) is 116 Å². The number of rotatable bonds is 27. The largest absolute Gasteiger partial charge is 0.481 e. The monoisotopic (exact) mass is 546 g/mol. The lowest BCUT2D eigenvalue weighted by Gasteiger charge is -2.01. The average Bonchev–Trinajstić information content (AvgIpc) is 2.89. The Morgan fingerprint density at radius 1 is 0.368 bits per heavy atom. The maximum absolute atomic E-state index is 10.3. The number of carboxylic acids is 2. The first-order chi connectivity index (χ1) is 18.5. The van der Waals surface area contributed by atoms with Gasteiger partial charge in [-0.25, -0.2) is 0 Å². The predicted molar refractivity (Wildman–Crippen MR) is 161 cm³/mol. The Morgan fingerprint density at radius 3 is 0.763 bits per heavy atom. The van der Waals surface area contributed by atoms with Crippen molar-refractivity contribution in [3.8, 4) is 0 Å². The molecule has 0 aromatic carbocycles. The van der Waals surface area contributed by atoms with Gasteiger partial charge < -0.3 is 20.4 Å². The van der Waals surface area contributed by atoms with Crippen molar-refractivity contribution in [3.63, 3.8) is 0 Å². The summed E-state index contributed by atoms with van der Waals surface area (Å²) in [6.07, 6.45) is 30.2. The van der Waals surface area contributed by atoms with Gasteiger partial charge in [0.05, 0.1) is 0 Å². The van der Waals surface area contributed by atoms with E-state index in [0.717, 1.165) is 38.5 Å². The third kappa shape index (κ3) is 51.5. The predicted octanol–water partition coefficient (Wildman–Crippen LogP) is 9.30. The van der Waals surface area contributed by atoms with Gasteiger partial charge in [0.15, 0.2) is 0 Å². The van der Waals surface area contributed by atoms with Crippen LogP contribution in [-0.2, 0) is 9.59 Å². The van der Waals surface area contributed by atoms with Crippen molar-refractivity contribution >= 4 is 11.9 Å². The molecule has 0 radical (unpaired) electrons. The highest BCUT2D eigenvalue weighted by Crippen LogP contribution is 2.13. The summed E-state index contributed by atoms with van der Waals surface area (Å²) in [5.74, 6) is -1.31. The van der Waals surface area contributed by atoms with Crippen molar-refractivity contribution in [2.24, 2.45) is 0 Å². The molecule has 0 aromatic heterocycles. The summed E-state index contributed by atoms with van der Waals surface area (Å²) in [5, 5.41) is 33.1. The molecule has 0 atom stereocenters. The minimum absolute atomic E-state index is 0.195. The van der Waals surface area contributed by atoms with E-state index in [4.69, 9.17) is 20.4 Å². The van der Waals surface area contributed by atoms with Gasteiger partial charge in [-0.15, -0.1) is 0 Å². The maximum atomic E-state index is 10.3. The van der Waals surface area contributed by atoms with Crippen LogP contribution >= 0.6 is 0 Å². The van der Waals surface area contributed by atoms with Gasteiger partial charge in [-0.05, 0) is 25.7 Å². The molecule has 0 aromatic rings. The number of carboxylic acid groups (broad SMARTS) is 2. The highest BCUT2D eigenvalue weighted by atomic mass is 16.4. The zero-order valence-corrected chi connectivity index (χ0v) is 25.4. The molecule has 0 spiro atoms. The Bertz CT molecular complexity index is 402. The fourth-order valence-corrected chi connectivity index (χ4v) is 4.10. The van der Waals surface area contributed by atoms with Gasteiger partial charge in [0.1, 0.15) is 0 Å². The Balaban J connectivity index is -0.000000532. The Hall–Kier alpha value is -1.14. The van der Waals surface area contributed by atoms with E-state index in [1.54, 1.807) is 0 Å². The van der Waals surface area contributed by atoms with E-state index in [0.29, 0.717) is 12.8 Å². The number of aliphatic hydroxyl groups is 2. The molecular weight excluding hydrogens is 480 g/mol. The summed E-state index contributed by atoms with van der Waals surface area (Å²) in [4.78, 5) is 20.5. The summed E-state index contributed by atoms with van der Waals surface area (Å²) in [7, 11) is 0. The van der Waals surface area contributed by atoms with E-state index in [2.05, 4.69) is 13.8 Å². The van der Waals surface area contributed by atoms with Gasteiger partial charge in [0, 0.05) is 26.1 Å². The second kappa shape index (κ2) is 40.4. The van der Waals surface area contributed by atoms with Gasteiger partial charge in [0.2, 0.25) is 0 Å². The Kier molecular flexibility index (Phi) is 43.9. The normalized spacial score (nSPS) is 10.3. The Labute approximate surface area is 236 Å². The van der Waals surface area contributed by atoms with Crippen molar-refractivity contribution in [1.82, 2.24) is 0 Å². The second-order valence-corrected chi connectivity index (χ2v) is 10.5. The summed E-state index contributed by atoms with van der Waals surface area (Å²) >= 11 is 0. The van der Waals surface area contributed by atoms with Gasteiger partial charge >= 0.3 is 11.9 Å². The average molecular weight is 547 g/mol. The SMILES string of the molecule is CCCCCCCCCCCCCC(=O)O.CCCCCCCCCCCCCC(=O)O.OCCCCO. The van der Waals surface area contributed by atoms with Gasteiger partial charge in [0.25, 0.3) is 0 Å². The minimum Gasteiger partial charge on any atom is -0.481 e. The molecule has 0 unspecified atom stereocenters. The molecule has 6 heteroatoms. The quantitative estimate of drug-likeness (QED) is 0.0763. The third-order valence-corrected chi connectivity index (χ3v) is 6.55. The molecule has 0 aliphatic heterocycles. The number of aliphatic carboxylic acids is 2. The van der Waals surface area contributed by atoms with Crippen LogP contribution in [0.1, 0.15) is 181 Å². The van der Waals surface area contributed by atoms with Crippen LogP contribution in [0.2, 0.25) is 0 Å². The summed E-state index contributed by atoms with van der Waals surface area (Å²) in [6.45, 7) is 4.88. The maximum Gasteiger partial charge on any atom is 0.303 e. The first kappa shape index (κ1) is 41.3. The molecule has 0 saturated heterocycles. The van der Waals surface area contributed by atoms with E-state index < -0.39 is 11.9 Å². The zero-order valence-electron chi connectivity index (χ0n) is 25.4. The molecule has 0 amide bonds. The molecule has 0 aliphatic rings. The van der Waals surface area contributed by atoms with Gasteiger partial charge in [-0.2, -0.15) is 0 Å². The first-order valence-electron chi connectivity index (χ1n) is 16.1. The standard InChI is InChI=1S/2C14H28O2.C4H10O2/c2*1-2-3-4-5-6-7-8-9-10-11-12-13-14(15)16;5-3-1-2-4-6/h2*2-13H2,1H3,(H,15,16);5-6H,1-4H2. The van der Waals surface area contributed by atoms with Crippen LogP contribution < -0.4 is 0 Å². The molecule has 6 nitrogen and oxygen atoms in total. The zero-order chi connectivity index (χ0) is 29.0. The fraction of sp³-hybridized carbons (Fsp3) is 0.938. The topological polar surface area (TPSA) is 115 Å². The van der Waals surface area contributed by atoms with Gasteiger partial charge in [-0.1, -0.05) is 142 Å². The van der Waals surface area contributed by atoms with Crippen molar-refractivity contribution in [2.75, 3.05) is 13.2 Å². The van der Waals surface area contributed by atoms with Crippen LogP contribution in [-0.4, -0.2) is 45.6 Å². The second-order valence-electron chi connectivity index (χ2n) is 10.5. The van der Waals surface area contributed by atoms with E-state index in [9.17, 15) is 9.59 Å². The molecule has 0 aliphatic carbocycles. The number of hydrogen-bond acceptors (Lipinski definition) is 4. The van der Waals surface area contributed by atoms with Crippen LogP contribution in [0.3, 0.4) is 0 Å². The molecule has 230 valence electrons. The fourth-order valence-electron chi connectivity index (χ4n) is 4.10. The first-order valence-corrected chi connectivity index (χ1v) is 16.1. The summed E-state index contributed by atoms with van der Waals surface area (Å²) < 4.78 is 0. The van der Waals surface area contributed by atoms with Crippen LogP contribution in [0, 0.1) is 0 Å². The highest BCUT2D eigenvalue weighted by Gasteiger charge is 1.97. The van der Waals surface area contributed by atoms with Crippen molar-refractivity contribution < 1.29 is 30.0 Å². The van der Waals surface area contributed by atoms with Gasteiger partial charge in [-0.3, -0.25) is 9.59 Å². The summed E-state index contributed by atoms with van der Waals surface area (Å²) in [6, 6.07) is 0. The van der Waals surface area contributed by atoms with E-state index in [1.807, 2.05) is 0 Å². The van der Waals surface area contributed by atoms with Crippen LogP contribution in [0.25, 0.3) is 0 Å². The number of hydrogen-bond donors (Lipinski definition) is 4. The lowest BCUT2D eigenvalue weighted by Crippen LogP contribution is -1.93. The minimum atomic E-state index is -0.657. The molecule has 38 heavy (non-hydrogen) atoms.